The van der Waals surface area contributed by atoms with Gasteiger partial charge in [-0.05, 0) is 41.9 Å². The van der Waals surface area contributed by atoms with Crippen LogP contribution in [0.25, 0.3) is 10.6 Å². The molecule has 0 aliphatic carbocycles. The molecule has 0 radical (unpaired) electrons. The molecule has 5 nitrogen and oxygen atoms in total. The van der Waals surface area contributed by atoms with Crippen molar-refractivity contribution in [3.8, 4) is 22.1 Å². The summed E-state index contributed by atoms with van der Waals surface area (Å²) in [5, 5.41) is 21.4. The van der Waals surface area contributed by atoms with E-state index in [4.69, 9.17) is 4.74 Å². The van der Waals surface area contributed by atoms with E-state index in [1.54, 1.807) is 31.4 Å². The Morgan fingerprint density at radius 2 is 2.10 bits per heavy atom. The standard InChI is InChI=1S/C14H14BrNO4S/c1-14(2,13(18)19)10-6-21-12(16-10)7-4-8(15)11(17)9(5-7)20-3/h4-6,17H,1-3H3,(H,18,19). The highest BCUT2D eigenvalue weighted by Crippen LogP contribution is 2.40. The van der Waals surface area contributed by atoms with Crippen molar-refractivity contribution in [2.45, 2.75) is 19.3 Å². The molecule has 1 aromatic heterocycles. The van der Waals surface area contributed by atoms with Gasteiger partial charge in [-0.25, -0.2) is 4.98 Å². The van der Waals surface area contributed by atoms with Crippen LogP contribution in [0, 0.1) is 0 Å². The zero-order valence-corrected chi connectivity index (χ0v) is 14.1. The van der Waals surface area contributed by atoms with Gasteiger partial charge in [0.1, 0.15) is 10.4 Å². The maximum atomic E-state index is 11.3. The Labute approximate surface area is 134 Å². The average molecular weight is 372 g/mol. The number of benzene rings is 1. The van der Waals surface area contributed by atoms with E-state index in [0.717, 1.165) is 5.56 Å². The van der Waals surface area contributed by atoms with Crippen LogP contribution in [0.4, 0.5) is 0 Å². The number of halogens is 1. The summed E-state index contributed by atoms with van der Waals surface area (Å²) in [7, 11) is 1.46. The zero-order chi connectivity index (χ0) is 15.8. The Morgan fingerprint density at radius 1 is 1.43 bits per heavy atom. The van der Waals surface area contributed by atoms with Crippen molar-refractivity contribution in [3.05, 3.63) is 27.7 Å². The summed E-state index contributed by atoms with van der Waals surface area (Å²) in [5.41, 5.74) is 0.194. The van der Waals surface area contributed by atoms with Gasteiger partial charge in [-0.3, -0.25) is 4.79 Å². The molecule has 0 amide bonds. The van der Waals surface area contributed by atoms with Gasteiger partial charge >= 0.3 is 5.97 Å². The second kappa shape index (κ2) is 5.65. The molecule has 2 N–H and O–H groups in total. The Morgan fingerprint density at radius 3 is 2.67 bits per heavy atom. The molecule has 0 saturated heterocycles. The summed E-state index contributed by atoms with van der Waals surface area (Å²) >= 11 is 4.61. The van der Waals surface area contributed by atoms with E-state index in [-0.39, 0.29) is 5.75 Å². The lowest BCUT2D eigenvalue weighted by atomic mass is 9.90. The van der Waals surface area contributed by atoms with Crippen LogP contribution in [0.3, 0.4) is 0 Å². The molecule has 0 aliphatic heterocycles. The van der Waals surface area contributed by atoms with Crippen molar-refractivity contribution in [2.75, 3.05) is 7.11 Å². The second-order valence-corrected chi connectivity index (χ2v) is 6.69. The SMILES string of the molecule is COc1cc(-c2nc(C(C)(C)C(=O)O)cs2)cc(Br)c1O. The highest BCUT2D eigenvalue weighted by Gasteiger charge is 2.32. The van der Waals surface area contributed by atoms with Gasteiger partial charge in [-0.1, -0.05) is 0 Å². The van der Waals surface area contributed by atoms with Gasteiger partial charge in [0.15, 0.2) is 11.5 Å². The number of carboxylic acids is 1. The van der Waals surface area contributed by atoms with Crippen LogP contribution in [-0.2, 0) is 10.2 Å². The number of nitrogens with zero attached hydrogens (tertiary/aromatic N) is 1. The molecule has 2 aromatic rings. The van der Waals surface area contributed by atoms with Crippen LogP contribution in [-0.4, -0.2) is 28.3 Å². The number of thiazole rings is 1. The molecule has 0 fully saturated rings. The molecule has 0 atom stereocenters. The number of ether oxygens (including phenoxy) is 1. The van der Waals surface area contributed by atoms with E-state index in [0.29, 0.717) is 20.9 Å². The molecular weight excluding hydrogens is 358 g/mol. The summed E-state index contributed by atoms with van der Waals surface area (Å²) in [6.45, 7) is 3.23. The van der Waals surface area contributed by atoms with Crippen molar-refractivity contribution < 1.29 is 19.7 Å². The number of hydrogen-bond acceptors (Lipinski definition) is 5. The predicted molar refractivity (Wildman–Crippen MR) is 84.1 cm³/mol. The van der Waals surface area contributed by atoms with Gasteiger partial charge in [-0.15, -0.1) is 11.3 Å². The third-order valence-electron chi connectivity index (χ3n) is 3.17. The molecular formula is C14H14BrNO4S. The highest BCUT2D eigenvalue weighted by molar-refractivity contribution is 9.10. The van der Waals surface area contributed by atoms with Crippen LogP contribution in [0.15, 0.2) is 22.0 Å². The van der Waals surface area contributed by atoms with E-state index in [2.05, 4.69) is 20.9 Å². The molecule has 1 aromatic carbocycles. The van der Waals surface area contributed by atoms with E-state index in [1.165, 1.54) is 18.4 Å². The van der Waals surface area contributed by atoms with Crippen molar-refractivity contribution in [3.63, 3.8) is 0 Å². The fourth-order valence-electron chi connectivity index (χ4n) is 1.66. The molecule has 21 heavy (non-hydrogen) atoms. The number of hydrogen-bond donors (Lipinski definition) is 2. The first-order valence-corrected chi connectivity index (χ1v) is 7.71. The van der Waals surface area contributed by atoms with Crippen LogP contribution in [0.2, 0.25) is 0 Å². The summed E-state index contributed by atoms with van der Waals surface area (Å²) < 4.78 is 5.59. The predicted octanol–water partition coefficient (Wildman–Crippen LogP) is 3.65. The first kappa shape index (κ1) is 15.8. The minimum absolute atomic E-state index is 0.0175. The number of aromatic nitrogens is 1. The number of rotatable bonds is 4. The molecule has 0 saturated carbocycles. The van der Waals surface area contributed by atoms with Gasteiger partial charge < -0.3 is 14.9 Å². The number of phenols is 1. The number of carbonyl (C=O) groups is 1. The minimum atomic E-state index is -1.05. The summed E-state index contributed by atoms with van der Waals surface area (Å²) in [5.74, 6) is -0.582. The lowest BCUT2D eigenvalue weighted by molar-refractivity contribution is -0.142. The van der Waals surface area contributed by atoms with Crippen LogP contribution < -0.4 is 4.74 Å². The molecule has 0 unspecified atom stereocenters. The highest BCUT2D eigenvalue weighted by atomic mass is 79.9. The number of aromatic hydroxyl groups is 1. The average Bonchev–Trinajstić information content (AvgIpc) is 2.91. The Kier molecular flexibility index (Phi) is 4.25. The van der Waals surface area contributed by atoms with Crippen molar-refractivity contribution in [1.29, 1.82) is 0 Å². The third kappa shape index (κ3) is 2.89. The van der Waals surface area contributed by atoms with Crippen LogP contribution in [0.5, 0.6) is 11.5 Å². The van der Waals surface area contributed by atoms with E-state index in [9.17, 15) is 15.0 Å². The number of aliphatic carboxylic acids is 1. The first-order chi connectivity index (χ1) is 9.77. The van der Waals surface area contributed by atoms with Crippen molar-refractivity contribution >= 4 is 33.2 Å². The largest absolute Gasteiger partial charge is 0.503 e. The molecule has 7 heteroatoms. The lowest BCUT2D eigenvalue weighted by Gasteiger charge is -2.15. The fraction of sp³-hybridized carbons (Fsp3) is 0.286. The topological polar surface area (TPSA) is 79.7 Å². The van der Waals surface area contributed by atoms with Gasteiger partial charge in [0.25, 0.3) is 0 Å². The molecule has 2 rings (SSSR count). The smallest absolute Gasteiger partial charge is 0.315 e. The molecule has 0 aliphatic rings. The summed E-state index contributed by atoms with van der Waals surface area (Å²) in [6, 6.07) is 3.38. The van der Waals surface area contributed by atoms with E-state index >= 15 is 0 Å². The molecule has 0 bridgehead atoms. The summed E-state index contributed by atoms with van der Waals surface area (Å²) in [6.07, 6.45) is 0. The van der Waals surface area contributed by atoms with Crippen LogP contribution >= 0.6 is 27.3 Å². The maximum Gasteiger partial charge on any atom is 0.315 e. The number of carboxylic acid groups (broad SMARTS) is 1. The Hall–Kier alpha value is -1.60. The second-order valence-electron chi connectivity index (χ2n) is 4.98. The monoisotopic (exact) mass is 371 g/mol. The van der Waals surface area contributed by atoms with Crippen molar-refractivity contribution in [2.24, 2.45) is 0 Å². The van der Waals surface area contributed by atoms with Gasteiger partial charge in [0.2, 0.25) is 0 Å². The van der Waals surface area contributed by atoms with Gasteiger partial charge in [0, 0.05) is 10.9 Å². The maximum absolute atomic E-state index is 11.3. The normalized spacial score (nSPS) is 11.4. The quantitative estimate of drug-likeness (QED) is 0.857. The molecule has 0 spiro atoms. The van der Waals surface area contributed by atoms with Gasteiger partial charge in [0.05, 0.1) is 17.3 Å². The Balaban J connectivity index is 2.48. The zero-order valence-electron chi connectivity index (χ0n) is 11.7. The fourth-order valence-corrected chi connectivity index (χ4v) is 3.07. The molecule has 112 valence electrons. The molecule has 1 heterocycles. The number of methoxy groups -OCH3 is 1. The first-order valence-electron chi connectivity index (χ1n) is 6.03. The minimum Gasteiger partial charge on any atom is -0.503 e. The lowest BCUT2D eigenvalue weighted by Crippen LogP contribution is -2.28. The van der Waals surface area contributed by atoms with Crippen molar-refractivity contribution in [1.82, 2.24) is 4.98 Å². The van der Waals surface area contributed by atoms with E-state index in [1.807, 2.05) is 0 Å². The van der Waals surface area contributed by atoms with Gasteiger partial charge in [-0.2, -0.15) is 0 Å². The van der Waals surface area contributed by atoms with Crippen LogP contribution in [0.1, 0.15) is 19.5 Å². The summed E-state index contributed by atoms with van der Waals surface area (Å²) in [4.78, 5) is 15.7. The number of phenolic OH excluding ortho intramolecular Hbond substituents is 1. The third-order valence-corrected chi connectivity index (χ3v) is 4.67. The van der Waals surface area contributed by atoms with E-state index < -0.39 is 11.4 Å². The Bertz CT molecular complexity index is 696.